The lowest BCUT2D eigenvalue weighted by atomic mass is 10.4. The molecule has 0 amide bonds. The molecule has 4 nitrogen and oxygen atoms in total. The summed E-state index contributed by atoms with van der Waals surface area (Å²) in [5.74, 6) is 0.310. The predicted octanol–water partition coefficient (Wildman–Crippen LogP) is 1.23. The van der Waals surface area contributed by atoms with Crippen LogP contribution >= 0.6 is 0 Å². The minimum atomic E-state index is -4.25. The van der Waals surface area contributed by atoms with E-state index in [1.807, 2.05) is 6.92 Å². The molecular formula is C9H15F3N4. The average molecular weight is 236 g/mol. The van der Waals surface area contributed by atoms with Crippen molar-refractivity contribution in [2.24, 2.45) is 5.73 Å². The summed E-state index contributed by atoms with van der Waals surface area (Å²) in [5, 5.41) is 0. The molecule has 1 aromatic rings. The highest BCUT2D eigenvalue weighted by atomic mass is 19.4. The highest BCUT2D eigenvalue weighted by Crippen LogP contribution is 2.20. The summed E-state index contributed by atoms with van der Waals surface area (Å²) in [6, 6.07) is 0. The van der Waals surface area contributed by atoms with Gasteiger partial charge in [0, 0.05) is 32.0 Å². The Bertz CT molecular complexity index is 321. The lowest BCUT2D eigenvalue weighted by Gasteiger charge is -2.24. The summed E-state index contributed by atoms with van der Waals surface area (Å²) in [5.41, 5.74) is 5.30. The van der Waals surface area contributed by atoms with Crippen LogP contribution in [0.2, 0.25) is 0 Å². The zero-order chi connectivity index (χ0) is 12.2. The maximum atomic E-state index is 12.3. The van der Waals surface area contributed by atoms with E-state index in [2.05, 4.69) is 4.98 Å². The fourth-order valence-electron chi connectivity index (χ4n) is 1.45. The van der Waals surface area contributed by atoms with Crippen LogP contribution in [0.25, 0.3) is 0 Å². The number of imidazole rings is 1. The van der Waals surface area contributed by atoms with Gasteiger partial charge in [0.05, 0.1) is 0 Å². The molecule has 1 rings (SSSR count). The maximum absolute atomic E-state index is 12.3. The van der Waals surface area contributed by atoms with Crippen LogP contribution in [0, 0.1) is 0 Å². The zero-order valence-corrected chi connectivity index (χ0v) is 9.04. The number of aromatic nitrogens is 2. The van der Waals surface area contributed by atoms with Crippen LogP contribution in [0.3, 0.4) is 0 Å². The summed E-state index contributed by atoms with van der Waals surface area (Å²) in [7, 11) is 0. The van der Waals surface area contributed by atoms with Gasteiger partial charge in [0.15, 0.2) is 0 Å². The van der Waals surface area contributed by atoms with Crippen LogP contribution in [0.4, 0.5) is 19.1 Å². The normalized spacial score (nSPS) is 11.8. The number of aryl methyl sites for hydroxylation is 1. The van der Waals surface area contributed by atoms with E-state index in [4.69, 9.17) is 5.73 Å². The number of rotatable bonds is 5. The molecule has 0 saturated carbocycles. The molecule has 1 aromatic heterocycles. The van der Waals surface area contributed by atoms with E-state index in [-0.39, 0.29) is 13.1 Å². The van der Waals surface area contributed by atoms with Crippen LogP contribution in [-0.2, 0) is 6.54 Å². The van der Waals surface area contributed by atoms with Crippen molar-refractivity contribution in [3.05, 3.63) is 12.4 Å². The standard InChI is InChI=1S/C9H15F3N4/c1-2-15-6-4-14-8(15)16(5-3-13)7-9(10,11)12/h4,6H,2-3,5,7,13H2,1H3. The molecule has 0 atom stereocenters. The number of hydrogen-bond donors (Lipinski definition) is 1. The second-order valence-corrected chi connectivity index (χ2v) is 3.34. The van der Waals surface area contributed by atoms with Gasteiger partial charge in [0.25, 0.3) is 0 Å². The molecule has 0 fully saturated rings. The van der Waals surface area contributed by atoms with E-state index in [0.29, 0.717) is 12.5 Å². The molecule has 0 aromatic carbocycles. The van der Waals surface area contributed by atoms with Crippen molar-refractivity contribution in [1.29, 1.82) is 0 Å². The Morgan fingerprint density at radius 1 is 1.50 bits per heavy atom. The number of hydrogen-bond acceptors (Lipinski definition) is 3. The SMILES string of the molecule is CCn1ccnc1N(CCN)CC(F)(F)F. The van der Waals surface area contributed by atoms with Gasteiger partial charge < -0.3 is 15.2 Å². The minimum absolute atomic E-state index is 0.135. The monoisotopic (exact) mass is 236 g/mol. The number of alkyl halides is 3. The van der Waals surface area contributed by atoms with Gasteiger partial charge in [0.2, 0.25) is 5.95 Å². The summed E-state index contributed by atoms with van der Waals surface area (Å²) >= 11 is 0. The summed E-state index contributed by atoms with van der Waals surface area (Å²) in [4.78, 5) is 5.07. The molecule has 0 saturated heterocycles. The summed E-state index contributed by atoms with van der Waals surface area (Å²) < 4.78 is 38.7. The fourth-order valence-corrected chi connectivity index (χ4v) is 1.45. The summed E-state index contributed by atoms with van der Waals surface area (Å²) in [6.07, 6.45) is -1.12. The number of nitrogens with zero attached hydrogens (tertiary/aromatic N) is 3. The number of halogens is 3. The van der Waals surface area contributed by atoms with Gasteiger partial charge >= 0.3 is 6.18 Å². The Hall–Kier alpha value is -1.24. The molecule has 92 valence electrons. The van der Waals surface area contributed by atoms with E-state index < -0.39 is 12.7 Å². The lowest BCUT2D eigenvalue weighted by Crippen LogP contribution is -2.39. The van der Waals surface area contributed by atoms with Gasteiger partial charge in [-0.1, -0.05) is 0 Å². The van der Waals surface area contributed by atoms with Crippen molar-refractivity contribution in [3.63, 3.8) is 0 Å². The molecule has 0 radical (unpaired) electrons. The molecule has 0 spiro atoms. The second-order valence-electron chi connectivity index (χ2n) is 3.34. The lowest BCUT2D eigenvalue weighted by molar-refractivity contribution is -0.119. The first-order chi connectivity index (χ1) is 7.48. The molecule has 1 heterocycles. The molecular weight excluding hydrogens is 221 g/mol. The predicted molar refractivity (Wildman–Crippen MR) is 55.2 cm³/mol. The molecule has 0 aliphatic heterocycles. The highest BCUT2D eigenvalue weighted by molar-refractivity contribution is 5.31. The van der Waals surface area contributed by atoms with Crippen LogP contribution < -0.4 is 10.6 Å². The molecule has 16 heavy (non-hydrogen) atoms. The van der Waals surface area contributed by atoms with Gasteiger partial charge in [-0.3, -0.25) is 0 Å². The Kier molecular flexibility index (Phi) is 4.17. The largest absolute Gasteiger partial charge is 0.406 e. The molecule has 2 N–H and O–H groups in total. The third-order valence-corrected chi connectivity index (χ3v) is 2.09. The quantitative estimate of drug-likeness (QED) is 0.836. The number of anilines is 1. The molecule has 0 aliphatic carbocycles. The Balaban J connectivity index is 2.84. The fraction of sp³-hybridized carbons (Fsp3) is 0.667. The van der Waals surface area contributed by atoms with Crippen molar-refractivity contribution in [2.45, 2.75) is 19.6 Å². The molecule has 0 aliphatic rings. The van der Waals surface area contributed by atoms with Crippen molar-refractivity contribution in [2.75, 3.05) is 24.5 Å². The highest BCUT2D eigenvalue weighted by Gasteiger charge is 2.31. The third kappa shape index (κ3) is 3.41. The van der Waals surface area contributed by atoms with Crippen molar-refractivity contribution in [1.82, 2.24) is 9.55 Å². The first-order valence-corrected chi connectivity index (χ1v) is 5.01. The smallest absolute Gasteiger partial charge is 0.332 e. The van der Waals surface area contributed by atoms with Gasteiger partial charge in [-0.2, -0.15) is 13.2 Å². The third-order valence-electron chi connectivity index (χ3n) is 2.09. The zero-order valence-electron chi connectivity index (χ0n) is 9.04. The average Bonchev–Trinajstić information content (AvgIpc) is 2.62. The summed E-state index contributed by atoms with van der Waals surface area (Å²) in [6.45, 7) is 1.69. The maximum Gasteiger partial charge on any atom is 0.406 e. The van der Waals surface area contributed by atoms with Crippen LogP contribution in [0.1, 0.15) is 6.92 Å². The molecule has 0 bridgehead atoms. The Labute approximate surface area is 91.9 Å². The van der Waals surface area contributed by atoms with Crippen molar-refractivity contribution >= 4 is 5.95 Å². The van der Waals surface area contributed by atoms with Crippen molar-refractivity contribution < 1.29 is 13.2 Å². The van der Waals surface area contributed by atoms with Gasteiger partial charge in [-0.05, 0) is 6.92 Å². The molecule has 0 unspecified atom stereocenters. The van der Waals surface area contributed by atoms with Crippen LogP contribution in [0.15, 0.2) is 12.4 Å². The molecule has 7 heteroatoms. The van der Waals surface area contributed by atoms with Gasteiger partial charge in [-0.25, -0.2) is 4.98 Å². The Morgan fingerprint density at radius 3 is 2.69 bits per heavy atom. The van der Waals surface area contributed by atoms with Crippen LogP contribution in [-0.4, -0.2) is 35.4 Å². The first kappa shape index (κ1) is 12.8. The van der Waals surface area contributed by atoms with Crippen LogP contribution in [0.5, 0.6) is 0 Å². The van der Waals surface area contributed by atoms with Gasteiger partial charge in [-0.15, -0.1) is 0 Å². The van der Waals surface area contributed by atoms with Crippen molar-refractivity contribution in [3.8, 4) is 0 Å². The second kappa shape index (κ2) is 5.20. The number of nitrogens with two attached hydrogens (primary N) is 1. The Morgan fingerprint density at radius 2 is 2.19 bits per heavy atom. The van der Waals surface area contributed by atoms with E-state index in [0.717, 1.165) is 4.90 Å². The van der Waals surface area contributed by atoms with Gasteiger partial charge in [0.1, 0.15) is 6.54 Å². The first-order valence-electron chi connectivity index (χ1n) is 5.01. The minimum Gasteiger partial charge on any atom is -0.332 e. The van der Waals surface area contributed by atoms with E-state index in [1.165, 1.54) is 6.20 Å². The topological polar surface area (TPSA) is 47.1 Å². The van der Waals surface area contributed by atoms with E-state index >= 15 is 0 Å². The van der Waals surface area contributed by atoms with E-state index in [9.17, 15) is 13.2 Å². The van der Waals surface area contributed by atoms with E-state index in [1.54, 1.807) is 10.8 Å².